The molecule has 5 nitrogen and oxygen atoms in total. The zero-order valence-corrected chi connectivity index (χ0v) is 37.8. The molecule has 0 atom stereocenters. The van der Waals surface area contributed by atoms with E-state index < -0.39 is 25.2 Å². The second-order valence-corrected chi connectivity index (χ2v) is 17.9. The summed E-state index contributed by atoms with van der Waals surface area (Å²) in [6, 6.07) is 0. The van der Waals surface area contributed by atoms with Crippen LogP contribution in [0, 0.1) is 5.41 Å². The van der Waals surface area contributed by atoms with Crippen LogP contribution in [0.5, 0.6) is 0 Å². The van der Waals surface area contributed by atoms with E-state index in [4.69, 9.17) is 4.74 Å². The number of rotatable bonds is 48. The van der Waals surface area contributed by atoms with E-state index in [0.717, 1.165) is 19.3 Å². The maximum Gasteiger partial charge on any atom is 0.305 e. The molecule has 0 radical (unpaired) electrons. The fourth-order valence-electron chi connectivity index (χ4n) is 7.88. The summed E-state index contributed by atoms with van der Waals surface area (Å²) in [7, 11) is 0. The van der Waals surface area contributed by atoms with Crippen LogP contribution in [-0.2, 0) is 9.53 Å². The molecule has 0 heterocycles. The van der Waals surface area contributed by atoms with Gasteiger partial charge in [0.15, 0.2) is 0 Å². The third kappa shape index (κ3) is 41.3. The van der Waals surface area contributed by atoms with Gasteiger partial charge in [-0.05, 0) is 32.1 Å². The first-order chi connectivity index (χ1) is 27.6. The van der Waals surface area contributed by atoms with Gasteiger partial charge in [0.2, 0.25) is 0 Å². The molecular formula is C51H100O5. The quantitative estimate of drug-likeness (QED) is 0.0324. The number of hydrogen-bond donors (Lipinski definition) is 3. The Balaban J connectivity index is 3.20. The molecule has 5 heteroatoms. The predicted molar refractivity (Wildman–Crippen MR) is 243 cm³/mol. The molecule has 0 unspecified atom stereocenters. The molecule has 0 saturated heterocycles. The maximum atomic E-state index is 11.9. The van der Waals surface area contributed by atoms with Crippen LogP contribution in [0.15, 0.2) is 12.2 Å². The average Bonchev–Trinajstić information content (AvgIpc) is 3.21. The van der Waals surface area contributed by atoms with Crippen molar-refractivity contribution in [3.63, 3.8) is 0 Å². The standard InChI is InChI=1S/C51H100O5/c1-2-3-4-5-6-7-8-9-10-11-12-13-14-15-16-17-18-19-20-21-22-23-24-25-26-27-28-29-30-31-32-33-34-35-36-37-38-39-40-41-42-43-44-45-50(55)56-49-51(46-52,47-53)48-54/h33-34,52-54H,2-32,35-49H2,1H3. The number of carbonyl (C=O) groups excluding carboxylic acids is 1. The highest BCUT2D eigenvalue weighted by molar-refractivity contribution is 5.69. The summed E-state index contributed by atoms with van der Waals surface area (Å²) in [5, 5.41) is 27.9. The van der Waals surface area contributed by atoms with Gasteiger partial charge in [0.1, 0.15) is 6.61 Å². The summed E-state index contributed by atoms with van der Waals surface area (Å²) < 4.78 is 5.14. The molecule has 0 aromatic rings. The van der Waals surface area contributed by atoms with Gasteiger partial charge in [-0.2, -0.15) is 0 Å². The number of ether oxygens (including phenoxy) is 1. The SMILES string of the molecule is CCCCCCCCCCCCCCCCCCCCCCCCCCCCCCCCC=CCCCCCCCCCCCC(=O)OCC(CO)(CO)CO. The molecule has 3 N–H and O–H groups in total. The Kier molecular flexibility index (Phi) is 46.0. The number of unbranched alkanes of at least 4 members (excludes halogenated alkanes) is 39. The van der Waals surface area contributed by atoms with Gasteiger partial charge < -0.3 is 20.1 Å². The molecule has 334 valence electrons. The van der Waals surface area contributed by atoms with Crippen molar-refractivity contribution in [2.45, 2.75) is 277 Å². The summed E-state index contributed by atoms with van der Waals surface area (Å²) in [4.78, 5) is 11.9. The second kappa shape index (κ2) is 46.8. The van der Waals surface area contributed by atoms with Crippen molar-refractivity contribution in [1.82, 2.24) is 0 Å². The number of aliphatic hydroxyl groups excluding tert-OH is 3. The van der Waals surface area contributed by atoms with E-state index in [0.29, 0.717) is 6.42 Å². The summed E-state index contributed by atoms with van der Waals surface area (Å²) in [6.45, 7) is 0.918. The summed E-state index contributed by atoms with van der Waals surface area (Å²) in [5.41, 5.74) is -1.14. The Morgan fingerprint density at radius 1 is 0.375 bits per heavy atom. The lowest BCUT2D eigenvalue weighted by atomic mass is 9.93. The molecule has 0 bridgehead atoms. The third-order valence-corrected chi connectivity index (χ3v) is 12.2. The Morgan fingerprint density at radius 3 is 0.857 bits per heavy atom. The van der Waals surface area contributed by atoms with Gasteiger partial charge in [0, 0.05) is 6.42 Å². The van der Waals surface area contributed by atoms with Gasteiger partial charge in [-0.15, -0.1) is 0 Å². The Bertz CT molecular complexity index is 770. The first kappa shape index (κ1) is 55.1. The van der Waals surface area contributed by atoms with Crippen molar-refractivity contribution in [2.75, 3.05) is 26.4 Å². The van der Waals surface area contributed by atoms with Gasteiger partial charge in [0.25, 0.3) is 0 Å². The number of allylic oxidation sites excluding steroid dienone is 2. The van der Waals surface area contributed by atoms with Crippen molar-refractivity contribution >= 4 is 5.97 Å². The first-order valence-electron chi connectivity index (χ1n) is 25.3. The largest absolute Gasteiger partial charge is 0.465 e. The predicted octanol–water partition coefficient (Wildman–Crippen LogP) is 15.5. The lowest BCUT2D eigenvalue weighted by Gasteiger charge is -2.26. The minimum atomic E-state index is -1.14. The normalized spacial score (nSPS) is 12.0. The zero-order chi connectivity index (χ0) is 40.7. The lowest BCUT2D eigenvalue weighted by molar-refractivity contribution is -0.151. The van der Waals surface area contributed by atoms with Crippen molar-refractivity contribution in [3.05, 3.63) is 12.2 Å². The molecule has 0 amide bonds. The maximum absolute atomic E-state index is 11.9. The highest BCUT2D eigenvalue weighted by Gasteiger charge is 2.30. The Hall–Kier alpha value is -0.910. The van der Waals surface area contributed by atoms with Gasteiger partial charge in [-0.3, -0.25) is 4.79 Å². The second-order valence-electron chi connectivity index (χ2n) is 17.9. The molecular weight excluding hydrogens is 693 g/mol. The highest BCUT2D eigenvalue weighted by Crippen LogP contribution is 2.19. The molecule has 0 aliphatic rings. The fourth-order valence-corrected chi connectivity index (χ4v) is 7.88. The number of aliphatic hydroxyl groups is 3. The lowest BCUT2D eigenvalue weighted by Crippen LogP contribution is -2.39. The van der Waals surface area contributed by atoms with Crippen LogP contribution in [0.4, 0.5) is 0 Å². The summed E-state index contributed by atoms with van der Waals surface area (Å²) in [5.74, 6) is -0.323. The van der Waals surface area contributed by atoms with Crippen LogP contribution in [-0.4, -0.2) is 47.7 Å². The van der Waals surface area contributed by atoms with Gasteiger partial charge in [0.05, 0.1) is 25.2 Å². The van der Waals surface area contributed by atoms with E-state index >= 15 is 0 Å². The first-order valence-corrected chi connectivity index (χ1v) is 25.3. The van der Waals surface area contributed by atoms with E-state index in [-0.39, 0.29) is 12.6 Å². The minimum absolute atomic E-state index is 0.148. The third-order valence-electron chi connectivity index (χ3n) is 12.2. The number of hydrogen-bond acceptors (Lipinski definition) is 5. The molecule has 0 aromatic carbocycles. The van der Waals surface area contributed by atoms with E-state index in [2.05, 4.69) is 19.1 Å². The van der Waals surface area contributed by atoms with Crippen LogP contribution >= 0.6 is 0 Å². The zero-order valence-electron chi connectivity index (χ0n) is 37.8. The minimum Gasteiger partial charge on any atom is -0.465 e. The van der Waals surface area contributed by atoms with Gasteiger partial charge in [-0.1, -0.05) is 250 Å². The molecule has 0 aliphatic heterocycles. The summed E-state index contributed by atoms with van der Waals surface area (Å²) >= 11 is 0. The molecule has 0 fully saturated rings. The monoisotopic (exact) mass is 793 g/mol. The van der Waals surface area contributed by atoms with Crippen molar-refractivity contribution in [1.29, 1.82) is 0 Å². The van der Waals surface area contributed by atoms with Gasteiger partial charge >= 0.3 is 5.97 Å². The summed E-state index contributed by atoms with van der Waals surface area (Å²) in [6.07, 6.45) is 62.1. The van der Waals surface area contributed by atoms with Gasteiger partial charge in [-0.25, -0.2) is 0 Å². The van der Waals surface area contributed by atoms with Crippen LogP contribution in [0.3, 0.4) is 0 Å². The van der Waals surface area contributed by atoms with E-state index in [1.54, 1.807) is 0 Å². The van der Waals surface area contributed by atoms with Crippen molar-refractivity contribution < 1.29 is 24.9 Å². The highest BCUT2D eigenvalue weighted by atomic mass is 16.5. The number of esters is 1. The van der Waals surface area contributed by atoms with Crippen LogP contribution in [0.25, 0.3) is 0 Å². The van der Waals surface area contributed by atoms with E-state index in [1.807, 2.05) is 0 Å². The Morgan fingerprint density at radius 2 is 0.607 bits per heavy atom. The number of carbonyl (C=O) groups is 1. The van der Waals surface area contributed by atoms with Crippen molar-refractivity contribution in [3.8, 4) is 0 Å². The molecule has 0 saturated carbocycles. The van der Waals surface area contributed by atoms with Crippen molar-refractivity contribution in [2.24, 2.45) is 5.41 Å². The molecule has 0 aliphatic carbocycles. The smallest absolute Gasteiger partial charge is 0.305 e. The van der Waals surface area contributed by atoms with E-state index in [9.17, 15) is 20.1 Å². The molecule has 0 spiro atoms. The average molecular weight is 793 g/mol. The van der Waals surface area contributed by atoms with Crippen LogP contribution in [0.1, 0.15) is 277 Å². The topological polar surface area (TPSA) is 87.0 Å². The van der Waals surface area contributed by atoms with Crippen LogP contribution < -0.4 is 0 Å². The Labute approximate surface area is 350 Å². The van der Waals surface area contributed by atoms with Crippen LogP contribution in [0.2, 0.25) is 0 Å². The molecule has 56 heavy (non-hydrogen) atoms. The van der Waals surface area contributed by atoms with E-state index in [1.165, 1.54) is 244 Å². The molecule has 0 rings (SSSR count). The molecule has 0 aromatic heterocycles. The fraction of sp³-hybridized carbons (Fsp3) is 0.941.